The van der Waals surface area contributed by atoms with Crippen LogP contribution in [0.1, 0.15) is 12.8 Å². The normalized spacial score (nSPS) is 17.3. The zero-order chi connectivity index (χ0) is 23.8. The average Bonchev–Trinajstić information content (AvgIpc) is 3.52. The molecule has 0 N–H and O–H groups in total. The second-order valence-electron chi connectivity index (χ2n) is 7.96. The predicted molar refractivity (Wildman–Crippen MR) is 139 cm³/mol. The summed E-state index contributed by atoms with van der Waals surface area (Å²) in [7, 11) is 0.0832. The molecule has 178 valence electrons. The van der Waals surface area contributed by atoms with Crippen molar-refractivity contribution in [3.8, 4) is 0 Å². The molecule has 2 aromatic heterocycles. The molecule has 0 saturated carbocycles. The molecule has 1 aliphatic heterocycles. The quantitative estimate of drug-likeness (QED) is 0.389. The Hall–Kier alpha value is -1.21. The Morgan fingerprint density at radius 3 is 2.70 bits per heavy atom. The van der Waals surface area contributed by atoms with Crippen molar-refractivity contribution in [3.05, 3.63) is 34.7 Å². The maximum Gasteiger partial charge on any atom is 0.253 e. The Morgan fingerprint density at radius 1 is 1.24 bits per heavy atom. The number of carbonyl (C=O) groups is 1. The Labute approximate surface area is 211 Å². The van der Waals surface area contributed by atoms with Gasteiger partial charge in [-0.05, 0) is 63.5 Å². The van der Waals surface area contributed by atoms with Gasteiger partial charge in [-0.25, -0.2) is 13.4 Å². The number of halogens is 1. The number of thiazole rings is 1. The highest BCUT2D eigenvalue weighted by Crippen LogP contribution is 2.35. The van der Waals surface area contributed by atoms with Crippen LogP contribution in [0, 0.1) is 0 Å². The summed E-state index contributed by atoms with van der Waals surface area (Å²) in [4.78, 5) is 23.3. The van der Waals surface area contributed by atoms with E-state index < -0.39 is 16.1 Å². The number of carbonyl (C=O) groups excluding carboxylic acids is 1. The largest absolute Gasteiger partial charge is 0.308 e. The topological polar surface area (TPSA) is 73.8 Å². The first-order chi connectivity index (χ1) is 15.7. The van der Waals surface area contributed by atoms with E-state index >= 15 is 0 Å². The highest BCUT2D eigenvalue weighted by atomic mass is 35.5. The molecule has 0 bridgehead atoms. The lowest BCUT2D eigenvalue weighted by molar-refractivity contribution is -0.121. The number of fused-ring (bicyclic) bond motifs is 1. The Morgan fingerprint density at radius 2 is 2.03 bits per heavy atom. The number of benzene rings is 1. The molecule has 1 unspecified atom stereocenters. The predicted octanol–water partition coefficient (Wildman–Crippen LogP) is 4.48. The highest BCUT2D eigenvalue weighted by molar-refractivity contribution is 7.98. The summed E-state index contributed by atoms with van der Waals surface area (Å²) < 4.78 is 29.5. The number of hydrogen-bond donors (Lipinski definition) is 0. The van der Waals surface area contributed by atoms with Crippen molar-refractivity contribution < 1.29 is 13.2 Å². The number of likely N-dealkylation sites (N-methyl/N-ethyl adjacent to an activating group) is 1. The number of thioether (sulfide) groups is 1. The van der Waals surface area contributed by atoms with Gasteiger partial charge in [0, 0.05) is 24.5 Å². The van der Waals surface area contributed by atoms with Crippen molar-refractivity contribution in [3.63, 3.8) is 0 Å². The number of thiophene rings is 1. The molecule has 1 aliphatic rings. The molecule has 1 aromatic carbocycles. The lowest BCUT2D eigenvalue weighted by Crippen LogP contribution is -2.49. The molecular weight excluding hydrogens is 520 g/mol. The third-order valence-corrected chi connectivity index (χ3v) is 10.8. The van der Waals surface area contributed by atoms with Crippen LogP contribution in [0.5, 0.6) is 0 Å². The zero-order valence-electron chi connectivity index (χ0n) is 18.5. The van der Waals surface area contributed by atoms with Crippen molar-refractivity contribution in [2.45, 2.75) is 28.0 Å². The summed E-state index contributed by atoms with van der Waals surface area (Å²) in [5, 5.41) is 0.596. The van der Waals surface area contributed by atoms with Crippen LogP contribution in [-0.4, -0.2) is 74.5 Å². The molecule has 3 heterocycles. The van der Waals surface area contributed by atoms with E-state index in [-0.39, 0.29) is 10.1 Å². The zero-order valence-corrected chi connectivity index (χ0v) is 22.5. The summed E-state index contributed by atoms with van der Waals surface area (Å²) in [6.45, 7) is 1.38. The molecule has 1 amide bonds. The van der Waals surface area contributed by atoms with Gasteiger partial charge in [-0.15, -0.1) is 23.1 Å². The number of hydrogen-bond acceptors (Lipinski definition) is 8. The van der Waals surface area contributed by atoms with E-state index in [4.69, 9.17) is 16.6 Å². The fraction of sp³-hybridized carbons (Fsp3) is 0.429. The van der Waals surface area contributed by atoms with Crippen LogP contribution in [0.3, 0.4) is 0 Å². The number of amides is 1. The SMILES string of the molecule is CSc1ccc2nc(N(CCN(C)C)C(=O)C3CCCN3S(=O)(=O)c3ccc(Cl)s3)sc2c1. The maximum atomic E-state index is 13.8. The molecule has 1 atom stereocenters. The summed E-state index contributed by atoms with van der Waals surface area (Å²) in [5.41, 5.74) is 0.833. The highest BCUT2D eigenvalue weighted by Gasteiger charge is 2.42. The molecule has 3 aromatic rings. The van der Waals surface area contributed by atoms with Crippen LogP contribution in [0.4, 0.5) is 5.13 Å². The average molecular weight is 545 g/mol. The summed E-state index contributed by atoms with van der Waals surface area (Å²) >= 11 is 10.1. The van der Waals surface area contributed by atoms with Crippen molar-refractivity contribution in [2.24, 2.45) is 0 Å². The van der Waals surface area contributed by atoms with Crippen molar-refractivity contribution in [2.75, 3.05) is 44.9 Å². The van der Waals surface area contributed by atoms with Gasteiger partial charge in [0.15, 0.2) is 5.13 Å². The van der Waals surface area contributed by atoms with Gasteiger partial charge in [0.1, 0.15) is 10.3 Å². The lowest BCUT2D eigenvalue weighted by atomic mass is 10.2. The smallest absolute Gasteiger partial charge is 0.253 e. The summed E-state index contributed by atoms with van der Waals surface area (Å²) in [6.07, 6.45) is 3.14. The minimum atomic E-state index is -3.80. The third kappa shape index (κ3) is 5.24. The van der Waals surface area contributed by atoms with Crippen molar-refractivity contribution in [1.29, 1.82) is 0 Å². The van der Waals surface area contributed by atoms with Gasteiger partial charge in [0.2, 0.25) is 5.91 Å². The lowest BCUT2D eigenvalue weighted by Gasteiger charge is -2.29. The monoisotopic (exact) mass is 544 g/mol. The van der Waals surface area contributed by atoms with Crippen LogP contribution in [0.25, 0.3) is 10.2 Å². The molecule has 0 aliphatic carbocycles. The number of nitrogens with zero attached hydrogens (tertiary/aromatic N) is 4. The Bertz CT molecular complexity index is 1260. The molecule has 0 spiro atoms. The van der Waals surface area contributed by atoms with Gasteiger partial charge >= 0.3 is 0 Å². The van der Waals surface area contributed by atoms with Crippen LogP contribution < -0.4 is 4.90 Å². The van der Waals surface area contributed by atoms with Gasteiger partial charge in [-0.1, -0.05) is 22.9 Å². The van der Waals surface area contributed by atoms with Crippen LogP contribution >= 0.6 is 46.0 Å². The van der Waals surface area contributed by atoms with E-state index in [1.165, 1.54) is 21.7 Å². The van der Waals surface area contributed by atoms with Gasteiger partial charge in [0.05, 0.1) is 14.6 Å². The minimum absolute atomic E-state index is 0.164. The first kappa shape index (κ1) is 24.9. The Kier molecular flexibility index (Phi) is 7.69. The fourth-order valence-electron chi connectivity index (χ4n) is 3.74. The molecule has 12 heteroatoms. The molecule has 4 rings (SSSR count). The second-order valence-corrected chi connectivity index (χ2v) is 13.7. The van der Waals surface area contributed by atoms with Crippen molar-refractivity contribution in [1.82, 2.24) is 14.2 Å². The van der Waals surface area contributed by atoms with E-state index in [0.29, 0.717) is 41.9 Å². The van der Waals surface area contributed by atoms with Crippen LogP contribution in [0.2, 0.25) is 4.34 Å². The molecule has 1 fully saturated rings. The van der Waals surface area contributed by atoms with Gasteiger partial charge in [0.25, 0.3) is 10.0 Å². The minimum Gasteiger partial charge on any atom is -0.308 e. The first-order valence-corrected chi connectivity index (χ1v) is 15.1. The summed E-state index contributed by atoms with van der Waals surface area (Å²) in [6, 6.07) is 8.36. The number of aromatic nitrogens is 1. The number of rotatable bonds is 8. The fourth-order valence-corrected chi connectivity index (χ4v) is 8.56. The second kappa shape index (κ2) is 10.2. The van der Waals surface area contributed by atoms with E-state index in [2.05, 4.69) is 6.07 Å². The standard InChI is InChI=1S/C21H25ClN4O3S4/c1-24(2)11-12-25(21-23-15-7-6-14(30-3)13-17(15)31-21)20(27)16-5-4-10-26(16)33(28,29)19-9-8-18(22)32-19/h6-9,13,16H,4-5,10-12H2,1-3H3. The van der Waals surface area contributed by atoms with E-state index in [0.717, 1.165) is 26.4 Å². The summed E-state index contributed by atoms with van der Waals surface area (Å²) in [5.74, 6) is -0.232. The maximum absolute atomic E-state index is 13.8. The van der Waals surface area contributed by atoms with E-state index in [1.54, 1.807) is 22.7 Å². The van der Waals surface area contributed by atoms with Crippen molar-refractivity contribution >= 4 is 77.3 Å². The molecule has 7 nitrogen and oxygen atoms in total. The Balaban J connectivity index is 1.67. The van der Waals surface area contributed by atoms with E-state index in [9.17, 15) is 13.2 Å². The number of anilines is 1. The molecular formula is C21H25ClN4O3S4. The van der Waals surface area contributed by atoms with Gasteiger partial charge in [-0.2, -0.15) is 4.31 Å². The van der Waals surface area contributed by atoms with Gasteiger partial charge in [-0.3, -0.25) is 9.69 Å². The van der Waals surface area contributed by atoms with Gasteiger partial charge < -0.3 is 4.90 Å². The van der Waals surface area contributed by atoms with E-state index in [1.807, 2.05) is 37.4 Å². The molecule has 0 radical (unpaired) electrons. The first-order valence-electron chi connectivity index (χ1n) is 10.4. The molecule has 33 heavy (non-hydrogen) atoms. The number of sulfonamides is 1. The third-order valence-electron chi connectivity index (χ3n) is 5.45. The van der Waals surface area contributed by atoms with Crippen LogP contribution in [-0.2, 0) is 14.8 Å². The molecule has 1 saturated heterocycles. The van der Waals surface area contributed by atoms with Crippen LogP contribution in [0.15, 0.2) is 39.4 Å².